The van der Waals surface area contributed by atoms with Crippen LogP contribution in [0.25, 0.3) is 0 Å². The van der Waals surface area contributed by atoms with Gasteiger partial charge in [0.1, 0.15) is 0 Å². The van der Waals surface area contributed by atoms with E-state index in [1.807, 2.05) is 0 Å². The van der Waals surface area contributed by atoms with Crippen LogP contribution in [0, 0.1) is 5.92 Å². The van der Waals surface area contributed by atoms with Crippen LogP contribution in [0.5, 0.6) is 0 Å². The zero-order chi connectivity index (χ0) is 11.4. The van der Waals surface area contributed by atoms with Gasteiger partial charge in [0.15, 0.2) is 0 Å². The first-order chi connectivity index (χ1) is 7.75. The summed E-state index contributed by atoms with van der Waals surface area (Å²) in [5.41, 5.74) is 0. The second-order valence-electron chi connectivity index (χ2n) is 4.12. The second-order valence-corrected chi connectivity index (χ2v) is 4.12. The number of hydrogen-bond acceptors (Lipinski definition) is 4. The minimum absolute atomic E-state index is 0.0600. The Kier molecular flexibility index (Phi) is 3.51. The minimum Gasteiger partial charge on any atom is -0.391 e. The monoisotopic (exact) mass is 224 g/mol. The SMILES string of the molecule is O=C(CCn1ccnn1)NCC(O)C1CC1. The van der Waals surface area contributed by atoms with Crippen molar-refractivity contribution in [3.05, 3.63) is 12.4 Å². The number of carbonyl (C=O) groups excluding carboxylic acids is 1. The molecule has 0 radical (unpaired) electrons. The van der Waals surface area contributed by atoms with Gasteiger partial charge in [-0.05, 0) is 18.8 Å². The molecule has 1 heterocycles. The maximum atomic E-state index is 11.4. The fourth-order valence-electron chi connectivity index (χ4n) is 1.52. The van der Waals surface area contributed by atoms with Gasteiger partial charge < -0.3 is 10.4 Å². The normalized spacial score (nSPS) is 17.1. The predicted octanol–water partition coefficient (Wildman–Crippen LogP) is -0.445. The highest BCUT2D eigenvalue weighted by Gasteiger charge is 2.29. The molecule has 1 aliphatic rings. The molecule has 2 rings (SSSR count). The molecular weight excluding hydrogens is 208 g/mol. The van der Waals surface area contributed by atoms with Crippen LogP contribution in [0.15, 0.2) is 12.4 Å². The molecule has 2 N–H and O–H groups in total. The maximum absolute atomic E-state index is 11.4. The second kappa shape index (κ2) is 5.07. The number of amides is 1. The quantitative estimate of drug-likeness (QED) is 0.686. The van der Waals surface area contributed by atoms with Crippen LogP contribution in [-0.4, -0.2) is 38.7 Å². The summed E-state index contributed by atoms with van der Waals surface area (Å²) in [6, 6.07) is 0. The van der Waals surface area contributed by atoms with Crippen LogP contribution in [-0.2, 0) is 11.3 Å². The molecule has 0 bridgehead atoms. The van der Waals surface area contributed by atoms with Gasteiger partial charge in [0.25, 0.3) is 0 Å². The van der Waals surface area contributed by atoms with Crippen LogP contribution >= 0.6 is 0 Å². The molecule has 0 spiro atoms. The summed E-state index contributed by atoms with van der Waals surface area (Å²) in [7, 11) is 0. The Bertz CT molecular complexity index is 335. The van der Waals surface area contributed by atoms with Crippen molar-refractivity contribution in [2.24, 2.45) is 5.92 Å². The zero-order valence-electron chi connectivity index (χ0n) is 9.04. The Morgan fingerprint density at radius 1 is 1.62 bits per heavy atom. The lowest BCUT2D eigenvalue weighted by Gasteiger charge is -2.10. The molecule has 1 saturated carbocycles. The number of hydrogen-bond donors (Lipinski definition) is 2. The fraction of sp³-hybridized carbons (Fsp3) is 0.700. The summed E-state index contributed by atoms with van der Waals surface area (Å²) in [4.78, 5) is 11.4. The molecule has 1 unspecified atom stereocenters. The molecule has 0 aliphatic heterocycles. The molecule has 1 aromatic heterocycles. The highest BCUT2D eigenvalue weighted by atomic mass is 16.3. The lowest BCUT2D eigenvalue weighted by atomic mass is 10.2. The summed E-state index contributed by atoms with van der Waals surface area (Å²) >= 11 is 0. The van der Waals surface area contributed by atoms with E-state index >= 15 is 0 Å². The number of aromatic nitrogens is 3. The minimum atomic E-state index is -0.379. The number of nitrogens with one attached hydrogen (secondary N) is 1. The molecule has 16 heavy (non-hydrogen) atoms. The number of aliphatic hydroxyl groups is 1. The van der Waals surface area contributed by atoms with E-state index in [-0.39, 0.29) is 12.0 Å². The lowest BCUT2D eigenvalue weighted by Crippen LogP contribution is -2.33. The Labute approximate surface area is 93.6 Å². The molecule has 6 nitrogen and oxygen atoms in total. The average Bonchev–Trinajstić information content (AvgIpc) is 3.01. The van der Waals surface area contributed by atoms with Gasteiger partial charge in [-0.1, -0.05) is 5.21 Å². The summed E-state index contributed by atoms with van der Waals surface area (Å²) in [6.45, 7) is 0.881. The van der Waals surface area contributed by atoms with Crippen molar-refractivity contribution in [1.82, 2.24) is 20.3 Å². The van der Waals surface area contributed by atoms with Crippen LogP contribution in [0.1, 0.15) is 19.3 Å². The highest BCUT2D eigenvalue weighted by molar-refractivity contribution is 5.75. The van der Waals surface area contributed by atoms with Crippen LogP contribution < -0.4 is 5.32 Å². The first-order valence-electron chi connectivity index (χ1n) is 5.54. The van der Waals surface area contributed by atoms with E-state index in [0.29, 0.717) is 25.4 Å². The number of aliphatic hydroxyl groups excluding tert-OH is 1. The van der Waals surface area contributed by atoms with Crippen molar-refractivity contribution in [2.45, 2.75) is 31.9 Å². The van der Waals surface area contributed by atoms with E-state index in [9.17, 15) is 9.90 Å². The summed E-state index contributed by atoms with van der Waals surface area (Å²) in [5, 5.41) is 19.7. The summed E-state index contributed by atoms with van der Waals surface area (Å²) in [5.74, 6) is 0.339. The van der Waals surface area contributed by atoms with Crippen molar-refractivity contribution in [2.75, 3.05) is 6.54 Å². The Morgan fingerprint density at radius 2 is 2.44 bits per heavy atom. The molecule has 0 aromatic carbocycles. The molecule has 1 atom stereocenters. The topological polar surface area (TPSA) is 80.0 Å². The molecule has 1 fully saturated rings. The zero-order valence-corrected chi connectivity index (χ0v) is 9.04. The number of rotatable bonds is 6. The molecule has 6 heteroatoms. The molecule has 0 saturated heterocycles. The van der Waals surface area contributed by atoms with Crippen LogP contribution in [0.4, 0.5) is 0 Å². The first-order valence-corrected chi connectivity index (χ1v) is 5.54. The Morgan fingerprint density at radius 3 is 3.06 bits per heavy atom. The van der Waals surface area contributed by atoms with E-state index < -0.39 is 0 Å². The number of carbonyl (C=O) groups is 1. The van der Waals surface area contributed by atoms with Crippen molar-refractivity contribution in [3.63, 3.8) is 0 Å². The summed E-state index contributed by atoms with van der Waals surface area (Å²) < 4.78 is 1.61. The van der Waals surface area contributed by atoms with Crippen LogP contribution in [0.3, 0.4) is 0 Å². The largest absolute Gasteiger partial charge is 0.391 e. The fourth-order valence-corrected chi connectivity index (χ4v) is 1.52. The first kappa shape index (κ1) is 11.1. The van der Waals surface area contributed by atoms with Gasteiger partial charge in [-0.25, -0.2) is 0 Å². The lowest BCUT2D eigenvalue weighted by molar-refractivity contribution is -0.121. The Hall–Kier alpha value is -1.43. The van der Waals surface area contributed by atoms with Crippen molar-refractivity contribution in [1.29, 1.82) is 0 Å². The van der Waals surface area contributed by atoms with Crippen molar-refractivity contribution >= 4 is 5.91 Å². The van der Waals surface area contributed by atoms with Gasteiger partial charge in [0.05, 0.1) is 18.8 Å². The maximum Gasteiger partial charge on any atom is 0.221 e. The van der Waals surface area contributed by atoms with E-state index in [1.165, 1.54) is 0 Å². The van der Waals surface area contributed by atoms with Gasteiger partial charge in [0.2, 0.25) is 5.91 Å². The van der Waals surface area contributed by atoms with E-state index in [1.54, 1.807) is 17.1 Å². The standard InChI is InChI=1S/C10H16N4O2/c15-9(8-1-2-8)7-11-10(16)3-5-14-6-4-12-13-14/h4,6,8-9,15H,1-3,5,7H2,(H,11,16). The third kappa shape index (κ3) is 3.30. The number of nitrogens with zero attached hydrogens (tertiary/aromatic N) is 3. The molecule has 88 valence electrons. The molecular formula is C10H16N4O2. The van der Waals surface area contributed by atoms with Crippen molar-refractivity contribution < 1.29 is 9.90 Å². The van der Waals surface area contributed by atoms with Gasteiger partial charge in [-0.2, -0.15) is 0 Å². The Balaban J connectivity index is 1.60. The average molecular weight is 224 g/mol. The van der Waals surface area contributed by atoms with Crippen LogP contribution in [0.2, 0.25) is 0 Å². The highest BCUT2D eigenvalue weighted by Crippen LogP contribution is 2.32. The molecule has 1 aliphatic carbocycles. The third-order valence-corrected chi connectivity index (χ3v) is 2.71. The molecule has 1 aromatic rings. The van der Waals surface area contributed by atoms with Gasteiger partial charge in [-0.15, -0.1) is 5.10 Å². The van der Waals surface area contributed by atoms with E-state index in [2.05, 4.69) is 15.6 Å². The van der Waals surface area contributed by atoms with E-state index in [0.717, 1.165) is 12.8 Å². The third-order valence-electron chi connectivity index (χ3n) is 2.71. The molecule has 1 amide bonds. The van der Waals surface area contributed by atoms with Gasteiger partial charge in [-0.3, -0.25) is 9.48 Å². The summed E-state index contributed by atoms with van der Waals surface area (Å²) in [6.07, 6.45) is 5.43. The smallest absolute Gasteiger partial charge is 0.221 e. The van der Waals surface area contributed by atoms with Crippen molar-refractivity contribution in [3.8, 4) is 0 Å². The predicted molar refractivity (Wildman–Crippen MR) is 56.4 cm³/mol. The van der Waals surface area contributed by atoms with Gasteiger partial charge in [0, 0.05) is 19.2 Å². The van der Waals surface area contributed by atoms with E-state index in [4.69, 9.17) is 0 Å². The van der Waals surface area contributed by atoms with Gasteiger partial charge >= 0.3 is 0 Å². The number of aryl methyl sites for hydroxylation is 1.